The zero-order valence-corrected chi connectivity index (χ0v) is 13.5. The van der Waals surface area contributed by atoms with Crippen LogP contribution in [0, 0.1) is 0 Å². The number of ether oxygens (including phenoxy) is 2. The first-order valence-corrected chi connectivity index (χ1v) is 7.92. The molecule has 1 aliphatic heterocycles. The number of hydrogen-bond acceptors (Lipinski definition) is 3. The molecule has 0 saturated carbocycles. The van der Waals surface area contributed by atoms with E-state index in [9.17, 15) is 4.39 Å². The van der Waals surface area contributed by atoms with E-state index in [-0.39, 0.29) is 13.3 Å². The molecule has 2 heterocycles. The monoisotopic (exact) mass is 344 g/mol. The second-order valence-corrected chi connectivity index (χ2v) is 5.84. The Morgan fingerprint density at radius 3 is 2.75 bits per heavy atom. The van der Waals surface area contributed by atoms with E-state index < -0.39 is 6.67 Å². The van der Waals surface area contributed by atoms with Crippen molar-refractivity contribution in [2.24, 2.45) is 0 Å². The number of aryl methyl sites for hydroxylation is 1. The van der Waals surface area contributed by atoms with Crippen molar-refractivity contribution in [1.29, 1.82) is 0 Å². The van der Waals surface area contributed by atoms with E-state index in [1.165, 1.54) is 0 Å². The van der Waals surface area contributed by atoms with E-state index in [1.54, 1.807) is 10.7 Å². The molecule has 0 bridgehead atoms. The predicted octanol–water partition coefficient (Wildman–Crippen LogP) is 4.57. The summed E-state index contributed by atoms with van der Waals surface area (Å²) in [7, 11) is 0. The fraction of sp³-hybridized carbons (Fsp3) is 0.167. The Balaban J connectivity index is 1.78. The summed E-state index contributed by atoms with van der Waals surface area (Å²) in [6.45, 7) is -0.0783. The highest BCUT2D eigenvalue weighted by atomic mass is 35.5. The number of fused-ring (bicyclic) bond motifs is 1. The first-order valence-electron chi connectivity index (χ1n) is 7.54. The molecule has 0 amide bonds. The minimum atomic E-state index is -0.490. The molecule has 6 heteroatoms. The molecule has 1 aliphatic rings. The van der Waals surface area contributed by atoms with Gasteiger partial charge in [-0.25, -0.2) is 4.39 Å². The van der Waals surface area contributed by atoms with Crippen LogP contribution >= 0.6 is 11.6 Å². The molecule has 3 aromatic rings. The van der Waals surface area contributed by atoms with Crippen LogP contribution in [0.25, 0.3) is 22.5 Å². The van der Waals surface area contributed by atoms with E-state index in [0.717, 1.165) is 28.3 Å². The summed E-state index contributed by atoms with van der Waals surface area (Å²) >= 11 is 6.08. The van der Waals surface area contributed by atoms with E-state index in [2.05, 4.69) is 5.10 Å². The predicted molar refractivity (Wildman–Crippen MR) is 90.2 cm³/mol. The van der Waals surface area contributed by atoms with Gasteiger partial charge < -0.3 is 9.47 Å². The van der Waals surface area contributed by atoms with Crippen molar-refractivity contribution >= 4 is 11.6 Å². The molecule has 0 radical (unpaired) electrons. The lowest BCUT2D eigenvalue weighted by Crippen LogP contribution is -2.03. The van der Waals surface area contributed by atoms with Gasteiger partial charge in [-0.1, -0.05) is 23.7 Å². The van der Waals surface area contributed by atoms with Crippen LogP contribution in [0.2, 0.25) is 5.02 Å². The van der Waals surface area contributed by atoms with Gasteiger partial charge in [0.1, 0.15) is 6.67 Å². The molecule has 0 N–H and O–H groups in total. The topological polar surface area (TPSA) is 36.3 Å². The Morgan fingerprint density at radius 2 is 1.92 bits per heavy atom. The third kappa shape index (κ3) is 2.71. The van der Waals surface area contributed by atoms with Crippen LogP contribution in [-0.4, -0.2) is 23.2 Å². The normalized spacial score (nSPS) is 12.6. The number of alkyl halides is 1. The van der Waals surface area contributed by atoms with Crippen molar-refractivity contribution in [3.8, 4) is 34.0 Å². The second kappa shape index (κ2) is 6.17. The molecule has 2 aromatic carbocycles. The first kappa shape index (κ1) is 15.0. The van der Waals surface area contributed by atoms with Gasteiger partial charge in [-0.2, -0.15) is 5.10 Å². The SMILES string of the molecule is FCCn1nc(-c2ccc3c(c2)OCO3)cc1-c1cccc(Cl)c1. The number of hydrogen-bond donors (Lipinski definition) is 0. The molecule has 4 rings (SSSR count). The van der Waals surface area contributed by atoms with Gasteiger partial charge in [0.15, 0.2) is 11.5 Å². The average Bonchev–Trinajstić information content (AvgIpc) is 3.21. The molecule has 24 heavy (non-hydrogen) atoms. The molecule has 122 valence electrons. The lowest BCUT2D eigenvalue weighted by atomic mass is 10.1. The fourth-order valence-electron chi connectivity index (χ4n) is 2.74. The maximum atomic E-state index is 12.9. The van der Waals surface area contributed by atoms with Crippen LogP contribution in [0.15, 0.2) is 48.5 Å². The Labute approximate surface area is 143 Å². The summed E-state index contributed by atoms with van der Waals surface area (Å²) in [4.78, 5) is 0. The Kier molecular flexibility index (Phi) is 3.86. The second-order valence-electron chi connectivity index (χ2n) is 5.41. The molecule has 0 unspecified atom stereocenters. The van der Waals surface area contributed by atoms with Crippen molar-refractivity contribution in [1.82, 2.24) is 9.78 Å². The smallest absolute Gasteiger partial charge is 0.231 e. The summed E-state index contributed by atoms with van der Waals surface area (Å²) in [6.07, 6.45) is 0. The molecule has 1 aromatic heterocycles. The maximum Gasteiger partial charge on any atom is 0.231 e. The molecular formula is C18H14ClFN2O2. The van der Waals surface area contributed by atoms with Gasteiger partial charge in [-0.15, -0.1) is 0 Å². The third-order valence-electron chi connectivity index (χ3n) is 3.86. The summed E-state index contributed by atoms with van der Waals surface area (Å²) in [6, 6.07) is 15.0. The van der Waals surface area contributed by atoms with Crippen molar-refractivity contribution in [2.45, 2.75) is 6.54 Å². The van der Waals surface area contributed by atoms with E-state index >= 15 is 0 Å². The Hall–Kier alpha value is -2.53. The first-order chi connectivity index (χ1) is 11.7. The van der Waals surface area contributed by atoms with Gasteiger partial charge in [0, 0.05) is 16.1 Å². The van der Waals surface area contributed by atoms with Gasteiger partial charge in [0.05, 0.1) is 17.9 Å². The number of aromatic nitrogens is 2. The Morgan fingerprint density at radius 1 is 1.04 bits per heavy atom. The van der Waals surface area contributed by atoms with Crippen LogP contribution in [0.1, 0.15) is 0 Å². The highest BCUT2D eigenvalue weighted by Crippen LogP contribution is 2.36. The van der Waals surface area contributed by atoms with Gasteiger partial charge in [-0.05, 0) is 36.4 Å². The van der Waals surface area contributed by atoms with Gasteiger partial charge in [0.25, 0.3) is 0 Å². The number of rotatable bonds is 4. The van der Waals surface area contributed by atoms with Crippen LogP contribution in [0.4, 0.5) is 4.39 Å². The standard InChI is InChI=1S/C18H14ClFN2O2/c19-14-3-1-2-13(8-14)16-10-15(21-22(16)7-6-20)12-4-5-17-18(9-12)24-11-23-17/h1-5,8-10H,6-7,11H2. The number of benzene rings is 2. The van der Waals surface area contributed by atoms with Crippen molar-refractivity contribution in [2.75, 3.05) is 13.5 Å². The van der Waals surface area contributed by atoms with Gasteiger partial charge in [0.2, 0.25) is 6.79 Å². The highest BCUT2D eigenvalue weighted by Gasteiger charge is 2.17. The minimum Gasteiger partial charge on any atom is -0.454 e. The quantitative estimate of drug-likeness (QED) is 0.695. The van der Waals surface area contributed by atoms with Crippen LogP contribution < -0.4 is 9.47 Å². The zero-order valence-electron chi connectivity index (χ0n) is 12.7. The molecule has 4 nitrogen and oxygen atoms in total. The summed E-state index contributed by atoms with van der Waals surface area (Å²) in [5.74, 6) is 1.41. The summed E-state index contributed by atoms with van der Waals surface area (Å²) in [5, 5.41) is 5.17. The van der Waals surface area contributed by atoms with Crippen molar-refractivity contribution in [3.63, 3.8) is 0 Å². The maximum absolute atomic E-state index is 12.9. The Bertz CT molecular complexity index is 894. The van der Waals surface area contributed by atoms with Crippen molar-refractivity contribution < 1.29 is 13.9 Å². The molecule has 0 saturated heterocycles. The lowest BCUT2D eigenvalue weighted by molar-refractivity contribution is 0.174. The number of nitrogens with zero attached hydrogens (tertiary/aromatic N) is 2. The van der Waals surface area contributed by atoms with Crippen LogP contribution in [-0.2, 0) is 6.54 Å². The van der Waals surface area contributed by atoms with Gasteiger partial charge in [-0.3, -0.25) is 4.68 Å². The average molecular weight is 345 g/mol. The van der Waals surface area contributed by atoms with Crippen LogP contribution in [0.3, 0.4) is 0 Å². The van der Waals surface area contributed by atoms with Gasteiger partial charge >= 0.3 is 0 Å². The zero-order chi connectivity index (χ0) is 16.5. The summed E-state index contributed by atoms with van der Waals surface area (Å²) in [5.41, 5.74) is 3.36. The third-order valence-corrected chi connectivity index (χ3v) is 4.10. The molecule has 0 fully saturated rings. The lowest BCUT2D eigenvalue weighted by Gasteiger charge is -2.05. The molecular weight excluding hydrogens is 331 g/mol. The van der Waals surface area contributed by atoms with E-state index in [1.807, 2.05) is 42.5 Å². The fourth-order valence-corrected chi connectivity index (χ4v) is 2.93. The van der Waals surface area contributed by atoms with Crippen molar-refractivity contribution in [3.05, 3.63) is 53.6 Å². The van der Waals surface area contributed by atoms with E-state index in [0.29, 0.717) is 10.8 Å². The summed E-state index contributed by atoms with van der Waals surface area (Å²) < 4.78 is 25.3. The molecule has 0 spiro atoms. The highest BCUT2D eigenvalue weighted by molar-refractivity contribution is 6.30. The van der Waals surface area contributed by atoms with Crippen LogP contribution in [0.5, 0.6) is 11.5 Å². The minimum absolute atomic E-state index is 0.187. The molecule has 0 atom stereocenters. The number of halogens is 2. The van der Waals surface area contributed by atoms with E-state index in [4.69, 9.17) is 21.1 Å². The molecule has 0 aliphatic carbocycles. The largest absolute Gasteiger partial charge is 0.454 e.